The number of nitrogens with zero attached hydrogens (tertiary/aromatic N) is 1. The van der Waals surface area contributed by atoms with Crippen molar-refractivity contribution in [1.82, 2.24) is 0 Å². The molecule has 29 heavy (non-hydrogen) atoms. The van der Waals surface area contributed by atoms with Crippen molar-refractivity contribution in [3.05, 3.63) is 70.8 Å². The topological polar surface area (TPSA) is 40.5 Å². The van der Waals surface area contributed by atoms with Crippen LogP contribution in [0.25, 0.3) is 17.7 Å². The first-order valence-corrected chi connectivity index (χ1v) is 10.7. The van der Waals surface area contributed by atoms with Crippen LogP contribution in [0, 0.1) is 5.92 Å². The summed E-state index contributed by atoms with van der Waals surface area (Å²) in [5, 5.41) is 9.77. The molecular weight excluding hydrogens is 358 g/mol. The Morgan fingerprint density at radius 1 is 1.03 bits per heavy atom. The van der Waals surface area contributed by atoms with Gasteiger partial charge in [-0.15, -0.1) is 0 Å². The highest BCUT2D eigenvalue weighted by Gasteiger charge is 2.26. The maximum Gasteiger partial charge on any atom is 0.336 e. The number of rotatable bonds is 4. The number of anilines is 1. The summed E-state index contributed by atoms with van der Waals surface area (Å²) in [6.07, 6.45) is 13.6. The van der Waals surface area contributed by atoms with Gasteiger partial charge in [0.25, 0.3) is 0 Å². The predicted molar refractivity (Wildman–Crippen MR) is 121 cm³/mol. The third kappa shape index (κ3) is 4.14. The Hall–Kier alpha value is -2.81. The summed E-state index contributed by atoms with van der Waals surface area (Å²) in [7, 11) is 2.09. The number of carbonyl (C=O) groups is 1. The van der Waals surface area contributed by atoms with Crippen LogP contribution in [0.15, 0.2) is 48.5 Å². The summed E-state index contributed by atoms with van der Waals surface area (Å²) < 4.78 is 0. The molecule has 0 atom stereocenters. The molecule has 2 aromatic carbocycles. The van der Waals surface area contributed by atoms with Gasteiger partial charge in [-0.05, 0) is 42.4 Å². The van der Waals surface area contributed by atoms with Crippen molar-refractivity contribution in [2.24, 2.45) is 5.92 Å². The van der Waals surface area contributed by atoms with Gasteiger partial charge in [-0.1, -0.05) is 73.9 Å². The molecule has 1 fully saturated rings. The molecule has 3 nitrogen and oxygen atoms in total. The molecule has 0 amide bonds. The number of benzene rings is 2. The Morgan fingerprint density at radius 3 is 2.48 bits per heavy atom. The summed E-state index contributed by atoms with van der Waals surface area (Å²) >= 11 is 0. The van der Waals surface area contributed by atoms with Crippen LogP contribution in [0.3, 0.4) is 0 Å². The van der Waals surface area contributed by atoms with Gasteiger partial charge >= 0.3 is 5.97 Å². The predicted octanol–water partition coefficient (Wildman–Crippen LogP) is 6.36. The Bertz CT molecular complexity index is 937. The quantitative estimate of drug-likeness (QED) is 0.621. The summed E-state index contributed by atoms with van der Waals surface area (Å²) in [5.74, 6) is -0.344. The third-order valence-corrected chi connectivity index (χ3v) is 6.22. The second-order valence-corrected chi connectivity index (χ2v) is 8.19. The van der Waals surface area contributed by atoms with Crippen molar-refractivity contribution < 1.29 is 9.90 Å². The van der Waals surface area contributed by atoms with E-state index >= 15 is 0 Å². The van der Waals surface area contributed by atoms with Gasteiger partial charge in [-0.3, -0.25) is 0 Å². The lowest BCUT2D eigenvalue weighted by Gasteiger charge is -2.30. The first-order valence-electron chi connectivity index (χ1n) is 10.7. The molecule has 4 rings (SSSR count). The van der Waals surface area contributed by atoms with E-state index in [-0.39, 0.29) is 0 Å². The van der Waals surface area contributed by atoms with E-state index in [0.29, 0.717) is 11.5 Å². The lowest BCUT2D eigenvalue weighted by atomic mass is 9.79. The van der Waals surface area contributed by atoms with Gasteiger partial charge in [0.1, 0.15) is 0 Å². The Balaban J connectivity index is 1.92. The van der Waals surface area contributed by atoms with E-state index in [1.165, 1.54) is 48.8 Å². The minimum atomic E-state index is -0.862. The highest BCUT2D eigenvalue weighted by molar-refractivity contribution is 5.99. The van der Waals surface area contributed by atoms with E-state index in [9.17, 15) is 9.90 Å². The first kappa shape index (κ1) is 19.5. The van der Waals surface area contributed by atoms with E-state index in [0.717, 1.165) is 24.2 Å². The van der Waals surface area contributed by atoms with E-state index in [1.54, 1.807) is 6.07 Å². The fourth-order valence-electron chi connectivity index (χ4n) is 4.75. The minimum Gasteiger partial charge on any atom is -0.478 e. The monoisotopic (exact) mass is 387 g/mol. The van der Waals surface area contributed by atoms with Crippen molar-refractivity contribution in [3.63, 3.8) is 0 Å². The van der Waals surface area contributed by atoms with Crippen LogP contribution in [-0.2, 0) is 0 Å². The fourth-order valence-corrected chi connectivity index (χ4v) is 4.75. The van der Waals surface area contributed by atoms with Gasteiger partial charge in [0.2, 0.25) is 0 Å². The molecule has 0 saturated heterocycles. The first-order chi connectivity index (χ1) is 14.1. The molecule has 1 aliphatic heterocycles. The van der Waals surface area contributed by atoms with Gasteiger partial charge in [-0.25, -0.2) is 4.79 Å². The smallest absolute Gasteiger partial charge is 0.336 e. The molecule has 1 N–H and O–H groups in total. The van der Waals surface area contributed by atoms with Crippen molar-refractivity contribution in [1.29, 1.82) is 0 Å². The summed E-state index contributed by atoms with van der Waals surface area (Å²) in [6, 6.07) is 14.3. The highest BCUT2D eigenvalue weighted by atomic mass is 16.4. The molecule has 0 aromatic heterocycles. The average Bonchev–Trinajstić information content (AvgIpc) is 2.95. The van der Waals surface area contributed by atoms with E-state index in [4.69, 9.17) is 0 Å². The molecule has 1 heterocycles. The molecule has 3 heteroatoms. The molecular formula is C26H29NO2. The van der Waals surface area contributed by atoms with Crippen LogP contribution in [0.1, 0.15) is 65.6 Å². The number of carboxylic acid groups (broad SMARTS) is 1. The zero-order valence-electron chi connectivity index (χ0n) is 17.1. The van der Waals surface area contributed by atoms with Crippen molar-refractivity contribution in [3.8, 4) is 0 Å². The van der Waals surface area contributed by atoms with E-state index in [1.807, 2.05) is 18.2 Å². The zero-order chi connectivity index (χ0) is 20.2. The van der Waals surface area contributed by atoms with Crippen LogP contribution in [0.5, 0.6) is 0 Å². The second kappa shape index (κ2) is 8.69. The Morgan fingerprint density at radius 2 is 1.76 bits per heavy atom. The molecule has 1 saturated carbocycles. The summed E-state index contributed by atoms with van der Waals surface area (Å²) in [5.41, 5.74) is 6.03. The standard InChI is InChI=1S/C26H29NO2/c1-27-17-9-8-14-21-23(26(28)29)16-15-22(25(21)27)24(20-12-6-3-7-13-20)18-19-10-4-2-5-11-19/h2,4-5,8,10-11,14-16,18,20H,3,6-7,9,12-13,17H2,1H3,(H,28,29)/b24-18+. The van der Waals surface area contributed by atoms with E-state index in [2.05, 4.69) is 48.4 Å². The maximum atomic E-state index is 11.9. The maximum absolute atomic E-state index is 11.9. The molecule has 0 bridgehead atoms. The molecule has 0 spiro atoms. The number of allylic oxidation sites excluding steroid dienone is 1. The molecule has 2 aliphatic rings. The minimum absolute atomic E-state index is 0.386. The molecule has 0 radical (unpaired) electrons. The van der Waals surface area contributed by atoms with Crippen LogP contribution in [-0.4, -0.2) is 24.7 Å². The van der Waals surface area contributed by atoms with Gasteiger partial charge in [0.15, 0.2) is 0 Å². The Labute approximate surface area is 173 Å². The van der Waals surface area contributed by atoms with Gasteiger partial charge in [0.05, 0.1) is 11.3 Å². The Kier molecular flexibility index (Phi) is 5.84. The van der Waals surface area contributed by atoms with Crippen molar-refractivity contribution in [2.45, 2.75) is 38.5 Å². The van der Waals surface area contributed by atoms with E-state index < -0.39 is 5.97 Å². The SMILES string of the molecule is CN1CCC=Cc2c(C(=O)O)ccc(/C(=C/c3ccccc3)C3CCCCC3)c21. The fraction of sp³-hybridized carbons (Fsp3) is 0.346. The number of carboxylic acids is 1. The number of hydrogen-bond acceptors (Lipinski definition) is 2. The number of aromatic carboxylic acids is 1. The van der Waals surface area contributed by atoms with Crippen LogP contribution < -0.4 is 4.90 Å². The average molecular weight is 388 g/mol. The molecule has 2 aromatic rings. The number of fused-ring (bicyclic) bond motifs is 1. The largest absolute Gasteiger partial charge is 0.478 e. The normalized spacial score (nSPS) is 17.7. The summed E-state index contributed by atoms with van der Waals surface area (Å²) in [4.78, 5) is 14.1. The van der Waals surface area contributed by atoms with Crippen LogP contribution in [0.4, 0.5) is 5.69 Å². The van der Waals surface area contributed by atoms with Crippen LogP contribution in [0.2, 0.25) is 0 Å². The zero-order valence-corrected chi connectivity index (χ0v) is 17.1. The molecule has 0 unspecified atom stereocenters. The van der Waals surface area contributed by atoms with Crippen molar-refractivity contribution >= 4 is 29.4 Å². The molecule has 1 aliphatic carbocycles. The molecule has 150 valence electrons. The third-order valence-electron chi connectivity index (χ3n) is 6.22. The number of hydrogen-bond donors (Lipinski definition) is 1. The van der Waals surface area contributed by atoms with Gasteiger partial charge in [-0.2, -0.15) is 0 Å². The van der Waals surface area contributed by atoms with Crippen LogP contribution >= 0.6 is 0 Å². The summed E-state index contributed by atoms with van der Waals surface area (Å²) in [6.45, 7) is 0.892. The highest BCUT2D eigenvalue weighted by Crippen LogP contribution is 2.43. The second-order valence-electron chi connectivity index (χ2n) is 8.19. The van der Waals surface area contributed by atoms with Gasteiger partial charge in [0, 0.05) is 24.7 Å². The lowest BCUT2D eigenvalue weighted by molar-refractivity contribution is 0.0696. The van der Waals surface area contributed by atoms with Gasteiger partial charge < -0.3 is 10.0 Å². The van der Waals surface area contributed by atoms with Crippen molar-refractivity contribution in [2.75, 3.05) is 18.5 Å². The lowest BCUT2D eigenvalue weighted by Crippen LogP contribution is -2.21.